The van der Waals surface area contributed by atoms with Crippen LogP contribution in [0.5, 0.6) is 0 Å². The molecule has 0 spiro atoms. The summed E-state index contributed by atoms with van der Waals surface area (Å²) in [5, 5.41) is 0. The normalized spacial score (nSPS) is 7.75. The van der Waals surface area contributed by atoms with Gasteiger partial charge in [-0.15, -0.1) is 4.99 Å². The number of rotatable bonds is 0. The van der Waals surface area contributed by atoms with E-state index in [1.54, 1.807) is 6.07 Å². The highest BCUT2D eigenvalue weighted by Gasteiger charge is 1.88. The van der Waals surface area contributed by atoms with Crippen LogP contribution in [0.1, 0.15) is 5.56 Å². The van der Waals surface area contributed by atoms with Gasteiger partial charge in [0.05, 0.1) is 6.04 Å². The third-order valence-electron chi connectivity index (χ3n) is 1.13. The van der Waals surface area contributed by atoms with Gasteiger partial charge in [-0.25, -0.2) is 9.18 Å². The molecule has 0 unspecified atom stereocenters. The number of benzene rings is 1. The molecule has 0 fully saturated rings. The third-order valence-corrected chi connectivity index (χ3v) is 1.13. The van der Waals surface area contributed by atoms with Crippen molar-refractivity contribution in [1.82, 2.24) is 0 Å². The first-order valence-electron chi connectivity index (χ1n) is 3.16. The van der Waals surface area contributed by atoms with E-state index in [-0.39, 0.29) is 5.82 Å². The van der Waals surface area contributed by atoms with E-state index in [0.29, 0.717) is 5.56 Å². The molecule has 0 aromatic heterocycles. The van der Waals surface area contributed by atoms with Crippen molar-refractivity contribution in [2.75, 3.05) is 0 Å². The van der Waals surface area contributed by atoms with Crippen molar-refractivity contribution in [1.29, 1.82) is 0 Å². The summed E-state index contributed by atoms with van der Waals surface area (Å²) in [5.41, 5.74) is 0.481. The number of hydrogen-bond acceptors (Lipinski definition) is 2. The molecule has 0 aliphatic carbocycles. The molecule has 3 heteroatoms. The zero-order chi connectivity index (χ0) is 8.81. The second-order valence-corrected chi connectivity index (χ2v) is 1.95. The number of halogens is 1. The fraction of sp³-hybridized carbons (Fsp3) is 0. The lowest BCUT2D eigenvalue weighted by atomic mass is 10.2. The van der Waals surface area contributed by atoms with Crippen molar-refractivity contribution in [2.45, 2.75) is 0 Å². The summed E-state index contributed by atoms with van der Waals surface area (Å²) in [5.74, 6) is 2.10. The van der Waals surface area contributed by atoms with Gasteiger partial charge in [-0.1, -0.05) is 6.07 Å². The van der Waals surface area contributed by atoms with Gasteiger partial charge in [0.15, 0.2) is 0 Å². The van der Waals surface area contributed by atoms with E-state index in [4.69, 9.17) is 0 Å². The fourth-order valence-corrected chi connectivity index (χ4v) is 0.682. The summed E-state index contributed by atoms with van der Waals surface area (Å²) >= 11 is 0. The lowest BCUT2D eigenvalue weighted by molar-refractivity contribution is 0.565. The summed E-state index contributed by atoms with van der Waals surface area (Å²) in [4.78, 5) is 12.6. The molecule has 0 atom stereocenters. The monoisotopic (exact) mass is 161 g/mol. The van der Waals surface area contributed by atoms with Crippen LogP contribution in [0, 0.1) is 17.8 Å². The van der Waals surface area contributed by atoms with Crippen molar-refractivity contribution in [2.24, 2.45) is 4.99 Å². The van der Waals surface area contributed by atoms with E-state index in [2.05, 4.69) is 17.0 Å². The van der Waals surface area contributed by atoms with Gasteiger partial charge in [-0.2, -0.15) is 0 Å². The van der Waals surface area contributed by atoms with Gasteiger partial charge in [-0.05, 0) is 24.1 Å². The van der Waals surface area contributed by atoms with Gasteiger partial charge in [0.1, 0.15) is 5.82 Å². The van der Waals surface area contributed by atoms with Crippen molar-refractivity contribution in [3.8, 4) is 12.0 Å². The molecular weight excluding hydrogens is 157 g/mol. The van der Waals surface area contributed by atoms with Crippen molar-refractivity contribution < 1.29 is 9.18 Å². The molecular formula is C9H4FNO. The maximum absolute atomic E-state index is 12.5. The van der Waals surface area contributed by atoms with Crippen molar-refractivity contribution in [3.63, 3.8) is 0 Å². The Bertz CT molecular complexity index is 383. The minimum atomic E-state index is -0.364. The minimum absolute atomic E-state index is 0.364. The van der Waals surface area contributed by atoms with Gasteiger partial charge >= 0.3 is 0 Å². The van der Waals surface area contributed by atoms with E-state index in [1.165, 1.54) is 24.3 Å². The largest absolute Gasteiger partial charge is 0.249 e. The molecule has 0 heterocycles. The average Bonchev–Trinajstić information content (AvgIpc) is 2.05. The minimum Gasteiger partial charge on any atom is -0.210 e. The first kappa shape index (κ1) is 8.19. The van der Waals surface area contributed by atoms with Crippen LogP contribution < -0.4 is 0 Å². The molecule has 0 amide bonds. The summed E-state index contributed by atoms with van der Waals surface area (Å²) in [7, 11) is 0. The summed E-state index contributed by atoms with van der Waals surface area (Å²) in [6.07, 6.45) is 1.26. The highest BCUT2D eigenvalue weighted by molar-refractivity contribution is 5.40. The first-order valence-corrected chi connectivity index (χ1v) is 3.16. The second-order valence-electron chi connectivity index (χ2n) is 1.95. The quantitative estimate of drug-likeness (QED) is 0.322. The lowest BCUT2D eigenvalue weighted by Gasteiger charge is -1.87. The van der Waals surface area contributed by atoms with Crippen LogP contribution in [0.15, 0.2) is 29.3 Å². The van der Waals surface area contributed by atoms with Gasteiger partial charge < -0.3 is 0 Å². The Morgan fingerprint density at radius 1 is 1.42 bits per heavy atom. The SMILES string of the molecule is O=C=NC#Cc1cccc(F)c1. The lowest BCUT2D eigenvalue weighted by Crippen LogP contribution is -1.75. The molecule has 1 rings (SSSR count). The van der Waals surface area contributed by atoms with E-state index in [0.717, 1.165) is 0 Å². The molecule has 58 valence electrons. The zero-order valence-corrected chi connectivity index (χ0v) is 6.04. The Morgan fingerprint density at radius 3 is 2.92 bits per heavy atom. The molecule has 1 aromatic rings. The number of nitrogens with zero attached hydrogens (tertiary/aromatic N) is 1. The average molecular weight is 161 g/mol. The molecule has 0 aliphatic heterocycles. The Kier molecular flexibility index (Phi) is 2.78. The molecule has 0 N–H and O–H groups in total. The molecule has 0 saturated heterocycles. The van der Waals surface area contributed by atoms with Crippen molar-refractivity contribution in [3.05, 3.63) is 35.6 Å². The van der Waals surface area contributed by atoms with Gasteiger partial charge in [-0.3, -0.25) is 0 Å². The van der Waals surface area contributed by atoms with Crippen LogP contribution in [0.3, 0.4) is 0 Å². The predicted molar refractivity (Wildman–Crippen MR) is 41.4 cm³/mol. The van der Waals surface area contributed by atoms with Gasteiger partial charge in [0.25, 0.3) is 0 Å². The van der Waals surface area contributed by atoms with Gasteiger partial charge in [0, 0.05) is 5.56 Å². The predicted octanol–water partition coefficient (Wildman–Crippen LogP) is 1.47. The van der Waals surface area contributed by atoms with E-state index >= 15 is 0 Å². The molecule has 0 bridgehead atoms. The topological polar surface area (TPSA) is 29.4 Å². The number of aliphatic imine (C=N–C) groups is 1. The van der Waals surface area contributed by atoms with Crippen LogP contribution in [0.4, 0.5) is 4.39 Å². The third kappa shape index (κ3) is 2.37. The summed E-state index contributed by atoms with van der Waals surface area (Å²) in [6, 6.07) is 7.89. The van der Waals surface area contributed by atoms with Crippen LogP contribution >= 0.6 is 0 Å². The first-order chi connectivity index (χ1) is 5.83. The number of isocyanates is 1. The second kappa shape index (κ2) is 4.07. The maximum atomic E-state index is 12.5. The van der Waals surface area contributed by atoms with E-state index in [9.17, 15) is 9.18 Å². The van der Waals surface area contributed by atoms with E-state index in [1.807, 2.05) is 0 Å². The molecule has 0 aliphatic rings. The summed E-state index contributed by atoms with van der Waals surface area (Å²) < 4.78 is 12.5. The molecule has 0 saturated carbocycles. The molecule has 2 nitrogen and oxygen atoms in total. The van der Waals surface area contributed by atoms with Crippen LogP contribution in [0.2, 0.25) is 0 Å². The number of carbonyl (C=O) groups excluding carboxylic acids is 1. The highest BCUT2D eigenvalue weighted by atomic mass is 19.1. The maximum Gasteiger partial charge on any atom is 0.249 e. The molecule has 0 radical (unpaired) electrons. The Labute approximate surface area is 68.7 Å². The van der Waals surface area contributed by atoms with E-state index < -0.39 is 0 Å². The molecule has 12 heavy (non-hydrogen) atoms. The van der Waals surface area contributed by atoms with Crippen LogP contribution in [0.25, 0.3) is 0 Å². The Balaban J connectivity index is 2.92. The molecule has 1 aromatic carbocycles. The smallest absolute Gasteiger partial charge is 0.210 e. The standard InChI is InChI=1S/C9H4FNO/c10-9-3-1-2-8(6-9)4-5-11-7-12/h1-3,6H. The Hall–Kier alpha value is -1.91. The zero-order valence-electron chi connectivity index (χ0n) is 6.04. The van der Waals surface area contributed by atoms with Gasteiger partial charge in [0.2, 0.25) is 6.08 Å². The number of hydrogen-bond donors (Lipinski definition) is 0. The Morgan fingerprint density at radius 2 is 2.25 bits per heavy atom. The summed E-state index contributed by atoms with van der Waals surface area (Å²) in [6.45, 7) is 0. The van der Waals surface area contributed by atoms with Crippen LogP contribution in [-0.2, 0) is 4.79 Å². The highest BCUT2D eigenvalue weighted by Crippen LogP contribution is 2.00. The fourth-order valence-electron chi connectivity index (χ4n) is 0.682. The van der Waals surface area contributed by atoms with Crippen LogP contribution in [-0.4, -0.2) is 6.08 Å². The van der Waals surface area contributed by atoms with Crippen molar-refractivity contribution >= 4 is 6.08 Å².